The molecule has 0 atom stereocenters. The van der Waals surface area contributed by atoms with Crippen molar-refractivity contribution in [2.45, 2.75) is 52.4 Å². The molecule has 1 rings (SSSR count). The van der Waals surface area contributed by atoms with Crippen molar-refractivity contribution < 1.29 is 0 Å². The second kappa shape index (κ2) is 11.4. The van der Waals surface area contributed by atoms with E-state index in [1.165, 1.54) is 43.5 Å². The van der Waals surface area contributed by atoms with Gasteiger partial charge in [0.15, 0.2) is 0 Å². The summed E-state index contributed by atoms with van der Waals surface area (Å²) in [5, 5.41) is 3.50. The predicted molar refractivity (Wildman–Crippen MR) is 95.2 cm³/mol. The van der Waals surface area contributed by atoms with E-state index in [2.05, 4.69) is 48.3 Å². The van der Waals surface area contributed by atoms with Crippen molar-refractivity contribution in [1.29, 1.82) is 0 Å². The molecule has 0 saturated carbocycles. The predicted octanol–water partition coefficient (Wildman–Crippen LogP) is 4.24. The molecule has 0 spiro atoms. The molecule has 3 N–H and O–H groups in total. The standard InChI is InChI=1S/C18H33N3/c1-3-15-21(16-4-2)18-11-9-17(10-12-18)20-14-8-6-5-7-13-19/h9-12,20H,3-8,13-16,19H2,1-2H3. The minimum Gasteiger partial charge on any atom is -0.385 e. The fourth-order valence-electron chi connectivity index (χ4n) is 2.56. The number of nitrogens with zero attached hydrogens (tertiary/aromatic N) is 1. The lowest BCUT2D eigenvalue weighted by Crippen LogP contribution is -2.24. The lowest BCUT2D eigenvalue weighted by Gasteiger charge is -2.24. The van der Waals surface area contributed by atoms with Gasteiger partial charge in [-0.2, -0.15) is 0 Å². The number of hydrogen-bond acceptors (Lipinski definition) is 3. The van der Waals surface area contributed by atoms with Gasteiger partial charge in [-0.3, -0.25) is 0 Å². The molecular weight excluding hydrogens is 258 g/mol. The van der Waals surface area contributed by atoms with Gasteiger partial charge >= 0.3 is 0 Å². The molecule has 0 heterocycles. The quantitative estimate of drug-likeness (QED) is 0.566. The maximum absolute atomic E-state index is 5.50. The van der Waals surface area contributed by atoms with Gasteiger partial charge in [0.2, 0.25) is 0 Å². The van der Waals surface area contributed by atoms with Crippen molar-refractivity contribution in [3.8, 4) is 0 Å². The van der Waals surface area contributed by atoms with Gasteiger partial charge in [-0.25, -0.2) is 0 Å². The smallest absolute Gasteiger partial charge is 0.0367 e. The molecule has 0 aliphatic heterocycles. The van der Waals surface area contributed by atoms with E-state index in [9.17, 15) is 0 Å². The van der Waals surface area contributed by atoms with E-state index >= 15 is 0 Å². The summed E-state index contributed by atoms with van der Waals surface area (Å²) < 4.78 is 0. The van der Waals surface area contributed by atoms with E-state index in [0.717, 1.165) is 32.6 Å². The summed E-state index contributed by atoms with van der Waals surface area (Å²) in [6, 6.07) is 8.88. The molecule has 0 radical (unpaired) electrons. The average Bonchev–Trinajstić information content (AvgIpc) is 2.51. The first kappa shape index (κ1) is 17.8. The van der Waals surface area contributed by atoms with Crippen molar-refractivity contribution in [1.82, 2.24) is 0 Å². The van der Waals surface area contributed by atoms with Crippen molar-refractivity contribution in [3.63, 3.8) is 0 Å². The summed E-state index contributed by atoms with van der Waals surface area (Å²) in [5.74, 6) is 0. The Hall–Kier alpha value is -1.22. The van der Waals surface area contributed by atoms with Gasteiger partial charge in [-0.1, -0.05) is 26.7 Å². The first-order chi connectivity index (χ1) is 10.3. The Bertz CT molecular complexity index is 342. The van der Waals surface area contributed by atoms with Gasteiger partial charge in [-0.15, -0.1) is 0 Å². The summed E-state index contributed by atoms with van der Waals surface area (Å²) >= 11 is 0. The summed E-state index contributed by atoms with van der Waals surface area (Å²) in [4.78, 5) is 2.47. The number of unbranched alkanes of at least 4 members (excludes halogenated alkanes) is 3. The Morgan fingerprint density at radius 1 is 0.905 bits per heavy atom. The van der Waals surface area contributed by atoms with Gasteiger partial charge in [-0.05, 0) is 56.5 Å². The van der Waals surface area contributed by atoms with Gasteiger partial charge < -0.3 is 16.0 Å². The van der Waals surface area contributed by atoms with Crippen molar-refractivity contribution in [2.24, 2.45) is 5.73 Å². The minimum absolute atomic E-state index is 0.820. The van der Waals surface area contributed by atoms with Crippen molar-refractivity contribution in [3.05, 3.63) is 24.3 Å². The number of nitrogens with one attached hydrogen (secondary N) is 1. The lowest BCUT2D eigenvalue weighted by atomic mass is 10.2. The minimum atomic E-state index is 0.820. The molecule has 0 fully saturated rings. The van der Waals surface area contributed by atoms with Crippen LogP contribution in [0.1, 0.15) is 52.4 Å². The maximum Gasteiger partial charge on any atom is 0.0367 e. The van der Waals surface area contributed by atoms with E-state index in [-0.39, 0.29) is 0 Å². The van der Waals surface area contributed by atoms with Crippen molar-refractivity contribution >= 4 is 11.4 Å². The van der Waals surface area contributed by atoms with Crippen LogP contribution in [0, 0.1) is 0 Å². The van der Waals surface area contributed by atoms with E-state index in [0.29, 0.717) is 0 Å². The van der Waals surface area contributed by atoms with Crippen LogP contribution < -0.4 is 16.0 Å². The van der Waals surface area contributed by atoms with Gasteiger partial charge in [0.1, 0.15) is 0 Å². The molecule has 1 aromatic carbocycles. The van der Waals surface area contributed by atoms with Crippen LogP contribution in [-0.4, -0.2) is 26.2 Å². The molecule has 0 aliphatic carbocycles. The summed E-state index contributed by atoms with van der Waals surface area (Å²) in [7, 11) is 0. The number of nitrogens with two attached hydrogens (primary N) is 1. The molecule has 0 unspecified atom stereocenters. The Morgan fingerprint density at radius 2 is 1.52 bits per heavy atom. The Balaban J connectivity index is 2.35. The van der Waals surface area contributed by atoms with Crippen LogP contribution in [0.25, 0.3) is 0 Å². The van der Waals surface area contributed by atoms with Gasteiger partial charge in [0.25, 0.3) is 0 Å². The number of hydrogen-bond donors (Lipinski definition) is 2. The van der Waals surface area contributed by atoms with Crippen LogP contribution in [0.4, 0.5) is 11.4 Å². The third kappa shape index (κ3) is 7.37. The Morgan fingerprint density at radius 3 is 2.10 bits per heavy atom. The molecule has 3 heteroatoms. The molecular formula is C18H33N3. The first-order valence-corrected chi connectivity index (χ1v) is 8.60. The molecule has 21 heavy (non-hydrogen) atoms. The molecule has 0 saturated heterocycles. The fraction of sp³-hybridized carbons (Fsp3) is 0.667. The molecule has 0 aromatic heterocycles. The number of anilines is 2. The molecule has 0 aliphatic rings. The van der Waals surface area contributed by atoms with E-state index in [4.69, 9.17) is 5.73 Å². The van der Waals surface area contributed by atoms with Crippen LogP contribution in [0.2, 0.25) is 0 Å². The highest BCUT2D eigenvalue weighted by Gasteiger charge is 2.03. The Labute approximate surface area is 130 Å². The van der Waals surface area contributed by atoms with Crippen LogP contribution in [0.15, 0.2) is 24.3 Å². The average molecular weight is 291 g/mol. The lowest BCUT2D eigenvalue weighted by molar-refractivity contribution is 0.661. The fourth-order valence-corrected chi connectivity index (χ4v) is 2.56. The summed E-state index contributed by atoms with van der Waals surface area (Å²) in [6.07, 6.45) is 7.29. The first-order valence-electron chi connectivity index (χ1n) is 8.60. The van der Waals surface area contributed by atoms with E-state index in [1.54, 1.807) is 0 Å². The molecule has 0 amide bonds. The topological polar surface area (TPSA) is 41.3 Å². The number of rotatable bonds is 12. The Kier molecular flexibility index (Phi) is 9.71. The monoisotopic (exact) mass is 291 g/mol. The zero-order valence-electron chi connectivity index (χ0n) is 13.9. The van der Waals surface area contributed by atoms with E-state index in [1.807, 2.05) is 0 Å². The van der Waals surface area contributed by atoms with Crippen molar-refractivity contribution in [2.75, 3.05) is 36.4 Å². The second-order valence-corrected chi connectivity index (χ2v) is 5.66. The third-order valence-electron chi connectivity index (χ3n) is 3.68. The highest BCUT2D eigenvalue weighted by molar-refractivity contribution is 5.55. The SMILES string of the molecule is CCCN(CCC)c1ccc(NCCCCCCN)cc1. The third-order valence-corrected chi connectivity index (χ3v) is 3.68. The number of benzene rings is 1. The normalized spacial score (nSPS) is 10.6. The highest BCUT2D eigenvalue weighted by atomic mass is 15.1. The summed E-state index contributed by atoms with van der Waals surface area (Å²) in [6.45, 7) is 8.63. The zero-order chi connectivity index (χ0) is 15.3. The van der Waals surface area contributed by atoms with Crippen LogP contribution in [0.3, 0.4) is 0 Å². The summed E-state index contributed by atoms with van der Waals surface area (Å²) in [5.41, 5.74) is 8.06. The molecule has 120 valence electrons. The van der Waals surface area contributed by atoms with Crippen LogP contribution in [-0.2, 0) is 0 Å². The molecule has 1 aromatic rings. The van der Waals surface area contributed by atoms with Gasteiger partial charge in [0.05, 0.1) is 0 Å². The van der Waals surface area contributed by atoms with Gasteiger partial charge in [0, 0.05) is 31.0 Å². The van der Waals surface area contributed by atoms with Crippen LogP contribution >= 0.6 is 0 Å². The highest BCUT2D eigenvalue weighted by Crippen LogP contribution is 2.18. The zero-order valence-corrected chi connectivity index (χ0v) is 13.9. The second-order valence-electron chi connectivity index (χ2n) is 5.66. The molecule has 3 nitrogen and oxygen atoms in total. The van der Waals surface area contributed by atoms with Crippen LogP contribution in [0.5, 0.6) is 0 Å². The molecule has 0 bridgehead atoms. The largest absolute Gasteiger partial charge is 0.385 e. The maximum atomic E-state index is 5.50. The van der Waals surface area contributed by atoms with E-state index < -0.39 is 0 Å².